The summed E-state index contributed by atoms with van der Waals surface area (Å²) in [5.41, 5.74) is 0.0649. The number of hydrogen-bond donors (Lipinski definition) is 0. The Morgan fingerprint density at radius 3 is 2.30 bits per heavy atom. The lowest BCUT2D eigenvalue weighted by Crippen LogP contribution is -2.57. The molecule has 27 heavy (non-hydrogen) atoms. The summed E-state index contributed by atoms with van der Waals surface area (Å²) in [5.74, 6) is -3.20. The van der Waals surface area contributed by atoms with Crippen LogP contribution in [0.5, 0.6) is 0 Å². The smallest absolute Gasteiger partial charge is 0.309 e. The maximum absolute atomic E-state index is 13.3. The first-order valence-electron chi connectivity index (χ1n) is 9.10. The van der Waals surface area contributed by atoms with Crippen molar-refractivity contribution in [3.63, 3.8) is 0 Å². The molecule has 0 atom stereocenters. The summed E-state index contributed by atoms with van der Waals surface area (Å²) in [6.45, 7) is 3.62. The number of esters is 1. The first kappa shape index (κ1) is 19.3. The SMILES string of the molecule is CCOC(=O)C1CCN(C(=O)C2CN(C(=O)c3ccc(F)c(F)c3)C2)CC1. The Bertz CT molecular complexity index is 741. The van der Waals surface area contributed by atoms with Gasteiger partial charge < -0.3 is 14.5 Å². The standard InChI is InChI=1S/C19H22F2N2O4/c1-2-27-19(26)12-5-7-22(8-6-12)18(25)14-10-23(11-14)17(24)13-3-4-15(20)16(21)9-13/h3-4,9,12,14H,2,5-8,10-11H2,1H3. The van der Waals surface area contributed by atoms with Crippen LogP contribution in [0, 0.1) is 23.5 Å². The van der Waals surface area contributed by atoms with Gasteiger partial charge in [-0.15, -0.1) is 0 Å². The minimum absolute atomic E-state index is 0.0355. The minimum atomic E-state index is -1.07. The molecule has 2 heterocycles. The van der Waals surface area contributed by atoms with Gasteiger partial charge in [0.05, 0.1) is 18.4 Å². The average Bonchev–Trinajstić information content (AvgIpc) is 2.63. The van der Waals surface area contributed by atoms with Crippen LogP contribution in [-0.4, -0.2) is 60.4 Å². The summed E-state index contributed by atoms with van der Waals surface area (Å²) in [5, 5.41) is 0. The second-order valence-electron chi connectivity index (χ2n) is 6.89. The molecule has 2 fully saturated rings. The Balaban J connectivity index is 1.48. The van der Waals surface area contributed by atoms with E-state index < -0.39 is 17.5 Å². The number of ether oxygens (including phenoxy) is 1. The molecule has 8 heteroatoms. The normalized spacial score (nSPS) is 18.2. The molecule has 1 aromatic rings. The molecule has 0 saturated carbocycles. The molecule has 0 spiro atoms. The molecule has 0 unspecified atom stereocenters. The van der Waals surface area contributed by atoms with E-state index in [-0.39, 0.29) is 42.4 Å². The number of piperidine rings is 1. The van der Waals surface area contributed by atoms with E-state index in [1.807, 2.05) is 0 Å². The van der Waals surface area contributed by atoms with Crippen LogP contribution in [0.2, 0.25) is 0 Å². The summed E-state index contributed by atoms with van der Waals surface area (Å²) in [7, 11) is 0. The van der Waals surface area contributed by atoms with Gasteiger partial charge in [-0.1, -0.05) is 0 Å². The van der Waals surface area contributed by atoms with Gasteiger partial charge in [0.25, 0.3) is 5.91 Å². The van der Waals surface area contributed by atoms with Crippen LogP contribution in [0.1, 0.15) is 30.1 Å². The predicted molar refractivity (Wildman–Crippen MR) is 91.7 cm³/mol. The minimum Gasteiger partial charge on any atom is -0.466 e. The molecule has 0 radical (unpaired) electrons. The first-order valence-corrected chi connectivity index (χ1v) is 9.10. The zero-order valence-electron chi connectivity index (χ0n) is 15.1. The maximum Gasteiger partial charge on any atom is 0.309 e. The van der Waals surface area contributed by atoms with Crippen molar-refractivity contribution < 1.29 is 27.9 Å². The van der Waals surface area contributed by atoms with Crippen molar-refractivity contribution in [2.24, 2.45) is 11.8 Å². The van der Waals surface area contributed by atoms with Crippen LogP contribution in [0.15, 0.2) is 18.2 Å². The molecule has 2 aliphatic rings. The highest BCUT2D eigenvalue weighted by atomic mass is 19.2. The number of carbonyl (C=O) groups excluding carboxylic acids is 3. The number of amides is 2. The highest BCUT2D eigenvalue weighted by Crippen LogP contribution is 2.25. The Kier molecular flexibility index (Phi) is 5.72. The number of benzene rings is 1. The number of nitrogens with zero attached hydrogens (tertiary/aromatic N) is 2. The van der Waals surface area contributed by atoms with Crippen LogP contribution < -0.4 is 0 Å². The van der Waals surface area contributed by atoms with E-state index in [2.05, 4.69) is 0 Å². The van der Waals surface area contributed by atoms with Crippen molar-refractivity contribution in [1.29, 1.82) is 0 Å². The molecule has 2 aliphatic heterocycles. The van der Waals surface area contributed by atoms with Crippen LogP contribution in [0.25, 0.3) is 0 Å². The van der Waals surface area contributed by atoms with Crippen molar-refractivity contribution in [2.75, 3.05) is 32.8 Å². The van der Waals surface area contributed by atoms with E-state index in [9.17, 15) is 23.2 Å². The molecule has 3 rings (SSSR count). The third kappa shape index (κ3) is 4.09. The van der Waals surface area contributed by atoms with E-state index in [4.69, 9.17) is 4.74 Å². The summed E-state index contributed by atoms with van der Waals surface area (Å²) >= 11 is 0. The summed E-state index contributed by atoms with van der Waals surface area (Å²) < 4.78 is 31.3. The lowest BCUT2D eigenvalue weighted by Gasteiger charge is -2.42. The fraction of sp³-hybridized carbons (Fsp3) is 0.526. The molecule has 2 amide bonds. The number of carbonyl (C=O) groups is 3. The topological polar surface area (TPSA) is 66.9 Å². The monoisotopic (exact) mass is 380 g/mol. The molecule has 146 valence electrons. The van der Waals surface area contributed by atoms with Gasteiger partial charge in [0.2, 0.25) is 5.91 Å². The van der Waals surface area contributed by atoms with Crippen LogP contribution in [0.3, 0.4) is 0 Å². The van der Waals surface area contributed by atoms with Crippen LogP contribution >= 0.6 is 0 Å². The molecule has 1 aromatic carbocycles. The van der Waals surface area contributed by atoms with Crippen molar-refractivity contribution in [3.05, 3.63) is 35.4 Å². The number of halogens is 2. The number of rotatable bonds is 4. The fourth-order valence-electron chi connectivity index (χ4n) is 3.47. The molecule has 6 nitrogen and oxygen atoms in total. The second-order valence-corrected chi connectivity index (χ2v) is 6.89. The Labute approximate surface area is 156 Å². The fourth-order valence-corrected chi connectivity index (χ4v) is 3.47. The van der Waals surface area contributed by atoms with E-state index in [1.54, 1.807) is 11.8 Å². The molecule has 0 N–H and O–H groups in total. The lowest BCUT2D eigenvalue weighted by molar-refractivity contribution is -0.152. The summed E-state index contributed by atoms with van der Waals surface area (Å²) in [6.07, 6.45) is 1.16. The van der Waals surface area contributed by atoms with Gasteiger partial charge in [-0.25, -0.2) is 8.78 Å². The van der Waals surface area contributed by atoms with Gasteiger partial charge in [-0.2, -0.15) is 0 Å². The Morgan fingerprint density at radius 2 is 1.70 bits per heavy atom. The van der Waals surface area contributed by atoms with Gasteiger partial charge in [0, 0.05) is 31.7 Å². The number of likely N-dealkylation sites (tertiary alicyclic amines) is 2. The molecule has 2 saturated heterocycles. The second kappa shape index (κ2) is 8.02. The van der Waals surface area contributed by atoms with E-state index in [1.165, 1.54) is 11.0 Å². The van der Waals surface area contributed by atoms with Crippen LogP contribution in [-0.2, 0) is 14.3 Å². The zero-order chi connectivity index (χ0) is 19.6. The van der Waals surface area contributed by atoms with E-state index >= 15 is 0 Å². The third-order valence-corrected chi connectivity index (χ3v) is 5.11. The van der Waals surface area contributed by atoms with Crippen LogP contribution in [0.4, 0.5) is 8.78 Å². The van der Waals surface area contributed by atoms with E-state index in [0.717, 1.165) is 12.1 Å². The highest BCUT2D eigenvalue weighted by Gasteiger charge is 2.39. The largest absolute Gasteiger partial charge is 0.466 e. The molecule has 0 aromatic heterocycles. The zero-order valence-corrected chi connectivity index (χ0v) is 15.1. The summed E-state index contributed by atoms with van der Waals surface area (Å²) in [4.78, 5) is 39.7. The predicted octanol–water partition coefficient (Wildman–Crippen LogP) is 1.84. The molecule has 0 aliphatic carbocycles. The van der Waals surface area contributed by atoms with Crippen molar-refractivity contribution in [3.8, 4) is 0 Å². The molecular weight excluding hydrogens is 358 g/mol. The van der Waals surface area contributed by atoms with Crippen molar-refractivity contribution >= 4 is 17.8 Å². The van der Waals surface area contributed by atoms with Gasteiger partial charge >= 0.3 is 5.97 Å². The van der Waals surface area contributed by atoms with Gasteiger partial charge in [-0.05, 0) is 38.0 Å². The first-order chi connectivity index (χ1) is 12.9. The van der Waals surface area contributed by atoms with Crippen molar-refractivity contribution in [2.45, 2.75) is 19.8 Å². The Hall–Kier alpha value is -2.51. The quantitative estimate of drug-likeness (QED) is 0.748. The molecular formula is C19H22F2N2O4. The maximum atomic E-state index is 13.3. The number of hydrogen-bond acceptors (Lipinski definition) is 4. The van der Waals surface area contributed by atoms with Gasteiger partial charge in [0.1, 0.15) is 0 Å². The lowest BCUT2D eigenvalue weighted by atomic mass is 9.93. The van der Waals surface area contributed by atoms with Crippen molar-refractivity contribution in [1.82, 2.24) is 9.80 Å². The van der Waals surface area contributed by atoms with Gasteiger partial charge in [-0.3, -0.25) is 14.4 Å². The van der Waals surface area contributed by atoms with E-state index in [0.29, 0.717) is 32.5 Å². The molecule has 0 bridgehead atoms. The summed E-state index contributed by atoms with van der Waals surface area (Å²) in [6, 6.07) is 3.02. The highest BCUT2D eigenvalue weighted by molar-refractivity contribution is 5.96. The third-order valence-electron chi connectivity index (χ3n) is 5.11. The van der Waals surface area contributed by atoms with Gasteiger partial charge in [0.15, 0.2) is 11.6 Å². The Morgan fingerprint density at radius 1 is 1.04 bits per heavy atom. The average molecular weight is 380 g/mol.